The molecule has 5 heteroatoms. The van der Waals surface area contributed by atoms with Crippen LogP contribution < -0.4 is 14.8 Å². The average Bonchev–Trinajstić information content (AvgIpc) is 2.48. The van der Waals surface area contributed by atoms with E-state index in [0.717, 1.165) is 19.3 Å². The van der Waals surface area contributed by atoms with Crippen LogP contribution in [0.4, 0.5) is 5.69 Å². The van der Waals surface area contributed by atoms with Gasteiger partial charge in [0, 0.05) is 12.7 Å². The Morgan fingerprint density at radius 2 is 2.16 bits per heavy atom. The smallest absolute Gasteiger partial charge is 0.253 e. The Morgan fingerprint density at radius 3 is 2.79 bits per heavy atom. The Morgan fingerprint density at radius 1 is 1.32 bits per heavy atom. The Kier molecular flexibility index (Phi) is 4.63. The highest BCUT2D eigenvalue weighted by Crippen LogP contribution is 2.29. The number of methoxy groups -OCH3 is 2. The van der Waals surface area contributed by atoms with Gasteiger partial charge in [-0.2, -0.15) is 0 Å². The predicted octanol–water partition coefficient (Wildman–Crippen LogP) is 2.21. The number of benzene rings is 1. The van der Waals surface area contributed by atoms with Gasteiger partial charge < -0.3 is 19.5 Å². The second-order valence-electron chi connectivity index (χ2n) is 4.41. The van der Waals surface area contributed by atoms with Crippen LogP contribution >= 0.6 is 0 Å². The molecule has 0 radical (unpaired) electrons. The molecule has 19 heavy (non-hydrogen) atoms. The van der Waals surface area contributed by atoms with Gasteiger partial charge in [0.05, 0.1) is 19.9 Å². The lowest BCUT2D eigenvalue weighted by atomic mass is 10.1. The number of amides is 1. The van der Waals surface area contributed by atoms with Crippen molar-refractivity contribution < 1.29 is 19.0 Å². The van der Waals surface area contributed by atoms with Gasteiger partial charge in [0.15, 0.2) is 0 Å². The zero-order chi connectivity index (χ0) is 13.7. The highest BCUT2D eigenvalue weighted by Gasteiger charge is 2.22. The molecule has 0 bridgehead atoms. The van der Waals surface area contributed by atoms with Crippen molar-refractivity contribution in [3.05, 3.63) is 18.2 Å². The quantitative estimate of drug-likeness (QED) is 0.906. The van der Waals surface area contributed by atoms with Gasteiger partial charge in [-0.3, -0.25) is 4.79 Å². The lowest BCUT2D eigenvalue weighted by Gasteiger charge is -2.22. The van der Waals surface area contributed by atoms with Gasteiger partial charge in [-0.1, -0.05) is 0 Å². The standard InChI is InChI=1S/C14H19NO4/c1-17-10-6-7-11(13(9-10)18-2)15-14(16)12-5-3-4-8-19-12/h6-7,9,12H,3-5,8H2,1-2H3,(H,15,16). The predicted molar refractivity (Wildman–Crippen MR) is 71.8 cm³/mol. The first-order chi connectivity index (χ1) is 9.24. The number of hydrogen-bond acceptors (Lipinski definition) is 4. The van der Waals surface area contributed by atoms with Crippen molar-refractivity contribution in [1.82, 2.24) is 0 Å². The molecule has 1 atom stereocenters. The number of nitrogens with one attached hydrogen (secondary N) is 1. The van der Waals surface area contributed by atoms with Crippen LogP contribution in [0.5, 0.6) is 11.5 Å². The SMILES string of the molecule is COc1ccc(NC(=O)C2CCCCO2)c(OC)c1. The molecule has 1 aromatic rings. The van der Waals surface area contributed by atoms with Crippen LogP contribution in [0.15, 0.2) is 18.2 Å². The highest BCUT2D eigenvalue weighted by molar-refractivity contribution is 5.95. The summed E-state index contributed by atoms with van der Waals surface area (Å²) in [6, 6.07) is 5.27. The molecule has 1 fully saturated rings. The zero-order valence-electron chi connectivity index (χ0n) is 11.3. The van der Waals surface area contributed by atoms with Crippen LogP contribution in [0.1, 0.15) is 19.3 Å². The van der Waals surface area contributed by atoms with Crippen LogP contribution in [0, 0.1) is 0 Å². The molecule has 0 saturated carbocycles. The minimum absolute atomic E-state index is 0.122. The number of hydrogen-bond donors (Lipinski definition) is 1. The minimum atomic E-state index is -0.361. The lowest BCUT2D eigenvalue weighted by molar-refractivity contribution is -0.129. The van der Waals surface area contributed by atoms with Crippen LogP contribution in [0.3, 0.4) is 0 Å². The van der Waals surface area contributed by atoms with Gasteiger partial charge in [0.2, 0.25) is 0 Å². The summed E-state index contributed by atoms with van der Waals surface area (Å²) in [5.41, 5.74) is 0.627. The summed E-state index contributed by atoms with van der Waals surface area (Å²) in [5.74, 6) is 1.13. The summed E-state index contributed by atoms with van der Waals surface area (Å²) in [6.07, 6.45) is 2.46. The molecule has 1 aliphatic heterocycles. The maximum atomic E-state index is 12.1. The second kappa shape index (κ2) is 6.43. The minimum Gasteiger partial charge on any atom is -0.497 e. The first kappa shape index (κ1) is 13.7. The molecule has 1 unspecified atom stereocenters. The molecular formula is C14H19NO4. The maximum Gasteiger partial charge on any atom is 0.253 e. The van der Waals surface area contributed by atoms with Gasteiger partial charge in [0.25, 0.3) is 5.91 Å². The Labute approximate surface area is 112 Å². The first-order valence-corrected chi connectivity index (χ1v) is 6.39. The maximum absolute atomic E-state index is 12.1. The van der Waals surface area contributed by atoms with Crippen molar-refractivity contribution in [3.8, 4) is 11.5 Å². The van der Waals surface area contributed by atoms with Crippen molar-refractivity contribution in [1.29, 1.82) is 0 Å². The van der Waals surface area contributed by atoms with Crippen molar-refractivity contribution in [2.24, 2.45) is 0 Å². The third-order valence-electron chi connectivity index (χ3n) is 3.14. The molecule has 0 spiro atoms. The number of carbonyl (C=O) groups excluding carboxylic acids is 1. The summed E-state index contributed by atoms with van der Waals surface area (Å²) in [7, 11) is 3.14. The van der Waals surface area contributed by atoms with E-state index in [1.807, 2.05) is 0 Å². The summed E-state index contributed by atoms with van der Waals surface area (Å²) in [6.45, 7) is 0.651. The number of anilines is 1. The molecule has 2 rings (SSSR count). The van der Waals surface area contributed by atoms with Crippen molar-refractivity contribution in [2.45, 2.75) is 25.4 Å². The summed E-state index contributed by atoms with van der Waals surface area (Å²) >= 11 is 0. The molecule has 1 heterocycles. The van der Waals surface area contributed by atoms with Gasteiger partial charge in [0.1, 0.15) is 17.6 Å². The molecule has 1 N–H and O–H groups in total. The molecule has 0 aromatic heterocycles. The van der Waals surface area contributed by atoms with Crippen molar-refractivity contribution >= 4 is 11.6 Å². The fourth-order valence-electron chi connectivity index (χ4n) is 2.06. The number of rotatable bonds is 4. The van der Waals surface area contributed by atoms with E-state index in [4.69, 9.17) is 14.2 Å². The van der Waals surface area contributed by atoms with Crippen molar-refractivity contribution in [2.75, 3.05) is 26.1 Å². The molecule has 5 nitrogen and oxygen atoms in total. The summed E-state index contributed by atoms with van der Waals surface area (Å²) in [4.78, 5) is 12.1. The van der Waals surface area contributed by atoms with Crippen LogP contribution in [0.25, 0.3) is 0 Å². The Hall–Kier alpha value is -1.75. The van der Waals surface area contributed by atoms with Gasteiger partial charge in [-0.05, 0) is 31.4 Å². The van der Waals surface area contributed by atoms with Gasteiger partial charge in [-0.15, -0.1) is 0 Å². The summed E-state index contributed by atoms with van der Waals surface area (Å²) < 4.78 is 15.8. The molecular weight excluding hydrogens is 246 g/mol. The molecule has 1 aliphatic rings. The van der Waals surface area contributed by atoms with Crippen molar-refractivity contribution in [3.63, 3.8) is 0 Å². The summed E-state index contributed by atoms with van der Waals surface area (Å²) in [5, 5.41) is 2.84. The van der Waals surface area contributed by atoms with E-state index in [2.05, 4.69) is 5.32 Å². The second-order valence-corrected chi connectivity index (χ2v) is 4.41. The van der Waals surface area contributed by atoms with Gasteiger partial charge in [-0.25, -0.2) is 0 Å². The van der Waals surface area contributed by atoms with E-state index < -0.39 is 0 Å². The van der Waals surface area contributed by atoms with Crippen LogP contribution in [-0.2, 0) is 9.53 Å². The molecule has 0 aliphatic carbocycles. The third-order valence-corrected chi connectivity index (χ3v) is 3.14. The number of carbonyl (C=O) groups is 1. The fourth-order valence-corrected chi connectivity index (χ4v) is 2.06. The van der Waals surface area contributed by atoms with E-state index in [1.165, 1.54) is 0 Å². The normalized spacial score (nSPS) is 18.7. The van der Waals surface area contributed by atoms with E-state index >= 15 is 0 Å². The highest BCUT2D eigenvalue weighted by atomic mass is 16.5. The van der Waals surface area contributed by atoms with E-state index in [1.54, 1.807) is 32.4 Å². The monoisotopic (exact) mass is 265 g/mol. The Balaban J connectivity index is 2.07. The van der Waals surface area contributed by atoms with Crippen LogP contribution in [0.2, 0.25) is 0 Å². The number of ether oxygens (including phenoxy) is 3. The molecule has 104 valence electrons. The lowest BCUT2D eigenvalue weighted by Crippen LogP contribution is -2.33. The first-order valence-electron chi connectivity index (χ1n) is 6.39. The zero-order valence-corrected chi connectivity index (χ0v) is 11.3. The fraction of sp³-hybridized carbons (Fsp3) is 0.500. The topological polar surface area (TPSA) is 56.8 Å². The van der Waals surface area contributed by atoms with Crippen LogP contribution in [-0.4, -0.2) is 32.8 Å². The third kappa shape index (κ3) is 3.38. The van der Waals surface area contributed by atoms with E-state index in [-0.39, 0.29) is 12.0 Å². The van der Waals surface area contributed by atoms with E-state index in [0.29, 0.717) is 23.8 Å². The van der Waals surface area contributed by atoms with Gasteiger partial charge >= 0.3 is 0 Å². The average molecular weight is 265 g/mol. The largest absolute Gasteiger partial charge is 0.497 e. The molecule has 1 saturated heterocycles. The molecule has 1 aromatic carbocycles. The Bertz CT molecular complexity index is 441. The molecule has 1 amide bonds. The van der Waals surface area contributed by atoms with E-state index in [9.17, 15) is 4.79 Å².